The Hall–Kier alpha value is -2.45. The topological polar surface area (TPSA) is 113 Å². The summed E-state index contributed by atoms with van der Waals surface area (Å²) in [5.41, 5.74) is 0. The Kier molecular flexibility index (Phi) is 5.53. The minimum absolute atomic E-state index is 0.0759. The molecule has 6 amide bonds. The molecular formula is C15H21N3O6. The molecule has 0 aromatic carbocycles. The smallest absolute Gasteiger partial charge is 0.413 e. The second-order valence-corrected chi connectivity index (χ2v) is 5.95. The van der Waals surface area contributed by atoms with Crippen LogP contribution in [0.2, 0.25) is 0 Å². The van der Waals surface area contributed by atoms with Gasteiger partial charge in [-0.1, -0.05) is 19.8 Å². The molecular weight excluding hydrogens is 318 g/mol. The minimum atomic E-state index is -1.04. The zero-order valence-corrected chi connectivity index (χ0v) is 13.7. The van der Waals surface area contributed by atoms with E-state index in [1.54, 1.807) is 6.92 Å². The minimum Gasteiger partial charge on any atom is -0.450 e. The SMILES string of the molecule is CCOC(=O)NC(=O)CN1C(=O)C(=O)N([C@H]2CCCC[C@H]2C)C1=O. The summed E-state index contributed by atoms with van der Waals surface area (Å²) in [6.07, 6.45) is 2.45. The van der Waals surface area contributed by atoms with Gasteiger partial charge in [0.2, 0.25) is 5.91 Å². The van der Waals surface area contributed by atoms with Gasteiger partial charge in [0.15, 0.2) is 0 Å². The largest absolute Gasteiger partial charge is 0.450 e. The molecule has 2 rings (SSSR count). The fraction of sp³-hybridized carbons (Fsp3) is 0.667. The van der Waals surface area contributed by atoms with Crippen LogP contribution < -0.4 is 5.32 Å². The Morgan fingerprint density at radius 1 is 1.17 bits per heavy atom. The number of ether oxygens (including phenoxy) is 1. The summed E-state index contributed by atoms with van der Waals surface area (Å²) < 4.78 is 4.55. The molecule has 0 unspecified atom stereocenters. The Bertz CT molecular complexity index is 576. The maximum Gasteiger partial charge on any atom is 0.413 e. The highest BCUT2D eigenvalue weighted by Crippen LogP contribution is 2.31. The van der Waals surface area contributed by atoms with Crippen LogP contribution in [0.25, 0.3) is 0 Å². The fourth-order valence-electron chi connectivity index (χ4n) is 3.10. The molecule has 2 atom stereocenters. The summed E-state index contributed by atoms with van der Waals surface area (Å²) in [6.45, 7) is 2.89. The van der Waals surface area contributed by atoms with Gasteiger partial charge in [-0.25, -0.2) is 14.5 Å². The highest BCUT2D eigenvalue weighted by Gasteiger charge is 2.49. The molecule has 1 aliphatic carbocycles. The fourth-order valence-corrected chi connectivity index (χ4v) is 3.10. The first kappa shape index (κ1) is 17.9. The first-order chi connectivity index (χ1) is 11.4. The number of imide groups is 3. The first-order valence-electron chi connectivity index (χ1n) is 8.02. The van der Waals surface area contributed by atoms with Crippen molar-refractivity contribution in [1.29, 1.82) is 0 Å². The number of hydrogen-bond acceptors (Lipinski definition) is 6. The maximum absolute atomic E-state index is 12.4. The number of hydrogen-bond donors (Lipinski definition) is 1. The van der Waals surface area contributed by atoms with Crippen molar-refractivity contribution >= 4 is 29.8 Å². The Labute approximate surface area is 139 Å². The van der Waals surface area contributed by atoms with Gasteiger partial charge < -0.3 is 4.74 Å². The summed E-state index contributed by atoms with van der Waals surface area (Å²) in [5, 5.41) is 1.89. The average molecular weight is 339 g/mol. The maximum atomic E-state index is 12.4. The Morgan fingerprint density at radius 2 is 1.83 bits per heavy atom. The molecule has 1 N–H and O–H groups in total. The molecule has 9 heteroatoms. The van der Waals surface area contributed by atoms with Crippen LogP contribution in [-0.4, -0.2) is 58.8 Å². The van der Waals surface area contributed by atoms with Gasteiger partial charge in [0.1, 0.15) is 6.54 Å². The van der Waals surface area contributed by atoms with Crippen LogP contribution in [0.1, 0.15) is 39.5 Å². The van der Waals surface area contributed by atoms with Crippen LogP contribution >= 0.6 is 0 Å². The van der Waals surface area contributed by atoms with E-state index in [0.717, 1.165) is 24.2 Å². The summed E-state index contributed by atoms with van der Waals surface area (Å²) in [4.78, 5) is 61.1. The third kappa shape index (κ3) is 3.55. The van der Waals surface area contributed by atoms with Crippen LogP contribution in [0.4, 0.5) is 9.59 Å². The summed E-state index contributed by atoms with van der Waals surface area (Å²) in [6, 6.07) is -1.14. The molecule has 0 bridgehead atoms. The Morgan fingerprint density at radius 3 is 2.46 bits per heavy atom. The number of carbonyl (C=O) groups excluding carboxylic acids is 5. The predicted octanol–water partition coefficient (Wildman–Crippen LogP) is 0.629. The van der Waals surface area contributed by atoms with Crippen molar-refractivity contribution in [2.45, 2.75) is 45.6 Å². The molecule has 24 heavy (non-hydrogen) atoms. The standard InChI is InChI=1S/C15H21N3O6/c1-3-24-14(22)16-11(19)8-17-12(20)13(21)18(15(17)23)10-7-5-4-6-9(10)2/h9-10H,3-8H2,1-2H3,(H,16,19,22)/t9-,10+/m1/s1. The lowest BCUT2D eigenvalue weighted by molar-refractivity contribution is -0.145. The normalized spacial score (nSPS) is 24.3. The van der Waals surface area contributed by atoms with Crippen LogP contribution in [-0.2, 0) is 19.1 Å². The van der Waals surface area contributed by atoms with Gasteiger partial charge in [-0.05, 0) is 25.7 Å². The van der Waals surface area contributed by atoms with E-state index in [1.807, 2.05) is 12.2 Å². The van der Waals surface area contributed by atoms with Gasteiger partial charge in [0.25, 0.3) is 0 Å². The van der Waals surface area contributed by atoms with E-state index in [4.69, 9.17) is 0 Å². The molecule has 2 aliphatic rings. The highest BCUT2D eigenvalue weighted by atomic mass is 16.5. The van der Waals surface area contributed by atoms with Crippen molar-refractivity contribution in [3.8, 4) is 0 Å². The zero-order chi connectivity index (χ0) is 17.9. The predicted molar refractivity (Wildman–Crippen MR) is 80.5 cm³/mol. The van der Waals surface area contributed by atoms with E-state index in [-0.39, 0.29) is 18.6 Å². The van der Waals surface area contributed by atoms with E-state index in [2.05, 4.69) is 4.74 Å². The third-order valence-corrected chi connectivity index (χ3v) is 4.30. The van der Waals surface area contributed by atoms with E-state index < -0.39 is 36.4 Å². The molecule has 0 aromatic rings. The van der Waals surface area contributed by atoms with Crippen molar-refractivity contribution < 1.29 is 28.7 Å². The molecule has 1 saturated heterocycles. The third-order valence-electron chi connectivity index (χ3n) is 4.30. The number of carbonyl (C=O) groups is 5. The van der Waals surface area contributed by atoms with Crippen LogP contribution in [0, 0.1) is 5.92 Å². The number of nitrogens with zero attached hydrogens (tertiary/aromatic N) is 2. The number of urea groups is 1. The van der Waals surface area contributed by atoms with Crippen molar-refractivity contribution in [3.05, 3.63) is 0 Å². The van der Waals surface area contributed by atoms with E-state index in [9.17, 15) is 24.0 Å². The van der Waals surface area contributed by atoms with Gasteiger partial charge in [0, 0.05) is 6.04 Å². The molecule has 0 aromatic heterocycles. The summed E-state index contributed by atoms with van der Waals surface area (Å²) in [5.74, 6) is -2.74. The van der Waals surface area contributed by atoms with Crippen molar-refractivity contribution in [2.24, 2.45) is 5.92 Å². The Balaban J connectivity index is 2.05. The monoisotopic (exact) mass is 339 g/mol. The summed E-state index contributed by atoms with van der Waals surface area (Å²) in [7, 11) is 0. The van der Waals surface area contributed by atoms with E-state index in [0.29, 0.717) is 11.3 Å². The first-order valence-corrected chi connectivity index (χ1v) is 8.02. The van der Waals surface area contributed by atoms with E-state index in [1.165, 1.54) is 0 Å². The second-order valence-electron chi connectivity index (χ2n) is 5.95. The van der Waals surface area contributed by atoms with Gasteiger partial charge in [-0.3, -0.25) is 24.6 Å². The van der Waals surface area contributed by atoms with Gasteiger partial charge >= 0.3 is 23.9 Å². The highest BCUT2D eigenvalue weighted by molar-refractivity contribution is 6.45. The van der Waals surface area contributed by atoms with Crippen LogP contribution in [0.5, 0.6) is 0 Å². The number of rotatable bonds is 4. The van der Waals surface area contributed by atoms with Gasteiger partial charge in [0.05, 0.1) is 6.61 Å². The van der Waals surface area contributed by atoms with Crippen molar-refractivity contribution in [1.82, 2.24) is 15.1 Å². The molecule has 1 heterocycles. The lowest BCUT2D eigenvalue weighted by Crippen LogP contribution is -2.47. The number of alkyl carbamates (subject to hydrolysis) is 1. The molecule has 9 nitrogen and oxygen atoms in total. The summed E-state index contributed by atoms with van der Waals surface area (Å²) >= 11 is 0. The van der Waals surface area contributed by atoms with Crippen LogP contribution in [0.15, 0.2) is 0 Å². The van der Waals surface area contributed by atoms with Gasteiger partial charge in [-0.2, -0.15) is 0 Å². The number of amides is 6. The molecule has 132 valence electrons. The lowest BCUT2D eigenvalue weighted by atomic mass is 9.85. The molecule has 0 spiro atoms. The average Bonchev–Trinajstić information content (AvgIpc) is 2.72. The quantitative estimate of drug-likeness (QED) is 0.594. The molecule has 1 aliphatic heterocycles. The molecule has 2 fully saturated rings. The second kappa shape index (κ2) is 7.41. The zero-order valence-electron chi connectivity index (χ0n) is 13.7. The molecule has 1 saturated carbocycles. The van der Waals surface area contributed by atoms with Crippen molar-refractivity contribution in [2.75, 3.05) is 13.2 Å². The molecule has 0 radical (unpaired) electrons. The van der Waals surface area contributed by atoms with Gasteiger partial charge in [-0.15, -0.1) is 0 Å². The lowest BCUT2D eigenvalue weighted by Gasteiger charge is -2.34. The number of nitrogens with one attached hydrogen (secondary N) is 1. The van der Waals surface area contributed by atoms with E-state index >= 15 is 0 Å². The van der Waals surface area contributed by atoms with Crippen LogP contribution in [0.3, 0.4) is 0 Å². The van der Waals surface area contributed by atoms with Crippen molar-refractivity contribution in [3.63, 3.8) is 0 Å².